The Labute approximate surface area is 198 Å². The Morgan fingerprint density at radius 1 is 0.848 bits per heavy atom. The molecule has 170 valence electrons. The molecule has 0 N–H and O–H groups in total. The maximum atomic E-state index is 13.3. The molecule has 33 heavy (non-hydrogen) atoms. The number of carbonyl (C=O) groups excluding carboxylic acids is 1. The molecule has 1 saturated heterocycles. The summed E-state index contributed by atoms with van der Waals surface area (Å²) >= 11 is 6.19. The minimum atomic E-state index is -3.62. The fraction of sp³-hybridized carbons (Fsp3) is 0.240. The molecule has 0 unspecified atom stereocenters. The number of aryl methyl sites for hydroxylation is 1. The number of halogens is 1. The SMILES string of the molecule is Cc1ccc(Cl)cc1N1CCN(C(=O)CN2c3ccccc3S(=O)(=O)c3ccccc32)CC1. The van der Waals surface area contributed by atoms with E-state index < -0.39 is 9.84 Å². The smallest absolute Gasteiger partial charge is 0.242 e. The van der Waals surface area contributed by atoms with Gasteiger partial charge in [0.1, 0.15) is 6.54 Å². The second kappa shape index (κ2) is 8.39. The van der Waals surface area contributed by atoms with Gasteiger partial charge in [-0.1, -0.05) is 41.9 Å². The summed E-state index contributed by atoms with van der Waals surface area (Å²) in [5.74, 6) is -0.0265. The number of fused-ring (bicyclic) bond motifs is 2. The fourth-order valence-corrected chi connectivity index (χ4v) is 6.41. The van der Waals surface area contributed by atoms with Gasteiger partial charge in [-0.15, -0.1) is 0 Å². The van der Waals surface area contributed by atoms with Gasteiger partial charge in [-0.25, -0.2) is 8.42 Å². The van der Waals surface area contributed by atoms with Gasteiger partial charge in [0.05, 0.1) is 21.2 Å². The van der Waals surface area contributed by atoms with Crippen LogP contribution in [0, 0.1) is 6.92 Å². The number of anilines is 3. The maximum absolute atomic E-state index is 13.3. The first-order valence-electron chi connectivity index (χ1n) is 10.9. The first-order chi connectivity index (χ1) is 15.9. The van der Waals surface area contributed by atoms with Gasteiger partial charge in [0.15, 0.2) is 0 Å². The van der Waals surface area contributed by atoms with Gasteiger partial charge in [0.25, 0.3) is 0 Å². The molecule has 5 rings (SSSR count). The Hall–Kier alpha value is -3.03. The summed E-state index contributed by atoms with van der Waals surface area (Å²) in [4.78, 5) is 19.7. The molecule has 1 amide bonds. The average molecular weight is 482 g/mol. The lowest BCUT2D eigenvalue weighted by atomic mass is 10.1. The standard InChI is InChI=1S/C25H24ClN3O3S/c1-18-10-11-19(26)16-22(18)27-12-14-28(15-13-27)25(30)17-29-20-6-2-4-8-23(20)33(31,32)24-9-5-3-7-21(24)29/h2-11,16H,12-15,17H2,1H3. The van der Waals surface area contributed by atoms with Crippen molar-refractivity contribution in [3.63, 3.8) is 0 Å². The first kappa shape index (κ1) is 21.8. The van der Waals surface area contributed by atoms with Gasteiger partial charge in [-0.3, -0.25) is 4.79 Å². The van der Waals surface area contributed by atoms with E-state index in [9.17, 15) is 13.2 Å². The Bertz CT molecular complexity index is 1280. The van der Waals surface area contributed by atoms with E-state index in [2.05, 4.69) is 11.8 Å². The summed E-state index contributed by atoms with van der Waals surface area (Å²) in [5, 5.41) is 0.700. The van der Waals surface area contributed by atoms with Crippen LogP contribution in [-0.4, -0.2) is 51.9 Å². The first-order valence-corrected chi connectivity index (χ1v) is 12.7. The van der Waals surface area contributed by atoms with Crippen molar-refractivity contribution >= 4 is 44.4 Å². The Balaban J connectivity index is 1.37. The predicted molar refractivity (Wildman–Crippen MR) is 130 cm³/mol. The van der Waals surface area contributed by atoms with Gasteiger partial charge >= 0.3 is 0 Å². The van der Waals surface area contributed by atoms with Crippen LogP contribution in [0.5, 0.6) is 0 Å². The molecular weight excluding hydrogens is 458 g/mol. The largest absolute Gasteiger partial charge is 0.368 e. The molecule has 3 aromatic carbocycles. The van der Waals surface area contributed by atoms with Crippen molar-refractivity contribution in [3.05, 3.63) is 77.3 Å². The van der Waals surface area contributed by atoms with Crippen molar-refractivity contribution in [1.82, 2.24) is 4.90 Å². The Morgan fingerprint density at radius 2 is 1.42 bits per heavy atom. The average Bonchev–Trinajstić information content (AvgIpc) is 2.83. The van der Waals surface area contributed by atoms with Gasteiger partial charge in [0.2, 0.25) is 15.7 Å². The van der Waals surface area contributed by atoms with Crippen LogP contribution in [0.1, 0.15) is 5.56 Å². The highest BCUT2D eigenvalue weighted by Gasteiger charge is 2.35. The van der Waals surface area contributed by atoms with E-state index in [4.69, 9.17) is 11.6 Å². The van der Waals surface area contributed by atoms with Crippen LogP contribution in [-0.2, 0) is 14.6 Å². The van der Waals surface area contributed by atoms with E-state index >= 15 is 0 Å². The number of hydrogen-bond donors (Lipinski definition) is 0. The van der Waals surface area contributed by atoms with Crippen molar-refractivity contribution in [2.24, 2.45) is 0 Å². The molecule has 3 aromatic rings. The summed E-state index contributed by atoms with van der Waals surface area (Å²) in [6, 6.07) is 19.6. The maximum Gasteiger partial charge on any atom is 0.242 e. The normalized spacial score (nSPS) is 16.8. The molecule has 0 bridgehead atoms. The van der Waals surface area contributed by atoms with Gasteiger partial charge in [-0.05, 0) is 48.9 Å². The Morgan fingerprint density at radius 3 is 2.03 bits per heavy atom. The number of nitrogens with zero attached hydrogens (tertiary/aromatic N) is 3. The van der Waals surface area contributed by atoms with E-state index in [0.717, 1.165) is 11.3 Å². The van der Waals surface area contributed by atoms with Crippen molar-refractivity contribution in [2.45, 2.75) is 16.7 Å². The van der Waals surface area contributed by atoms with Crippen molar-refractivity contribution in [3.8, 4) is 0 Å². The molecule has 2 aliphatic heterocycles. The molecule has 0 aliphatic carbocycles. The molecule has 0 atom stereocenters. The summed E-state index contributed by atoms with van der Waals surface area (Å²) in [6.07, 6.45) is 0. The van der Waals surface area contributed by atoms with Crippen molar-refractivity contribution < 1.29 is 13.2 Å². The second-order valence-corrected chi connectivity index (χ2v) is 10.6. The van der Waals surface area contributed by atoms with Crippen LogP contribution in [0.4, 0.5) is 17.1 Å². The monoisotopic (exact) mass is 481 g/mol. The van der Waals surface area contributed by atoms with E-state index in [1.807, 2.05) is 28.0 Å². The van der Waals surface area contributed by atoms with E-state index in [0.29, 0.717) is 42.6 Å². The lowest BCUT2D eigenvalue weighted by molar-refractivity contribution is -0.129. The predicted octanol–water partition coefficient (Wildman–Crippen LogP) is 4.28. The van der Waals surface area contributed by atoms with Gasteiger partial charge in [-0.2, -0.15) is 0 Å². The molecule has 0 saturated carbocycles. The molecule has 2 aliphatic rings. The van der Waals surface area contributed by atoms with Crippen molar-refractivity contribution in [1.29, 1.82) is 0 Å². The number of rotatable bonds is 3. The third-order valence-electron chi connectivity index (χ3n) is 6.33. The molecule has 0 spiro atoms. The molecule has 2 heterocycles. The second-order valence-electron chi connectivity index (χ2n) is 8.32. The number of sulfone groups is 1. The zero-order valence-corrected chi connectivity index (χ0v) is 19.8. The third-order valence-corrected chi connectivity index (χ3v) is 8.41. The van der Waals surface area contributed by atoms with Crippen LogP contribution in [0.25, 0.3) is 0 Å². The summed E-state index contributed by atoms with van der Waals surface area (Å²) in [7, 11) is -3.62. The fourth-order valence-electron chi connectivity index (χ4n) is 4.59. The summed E-state index contributed by atoms with van der Waals surface area (Å²) < 4.78 is 26.2. The molecule has 6 nitrogen and oxygen atoms in total. The summed E-state index contributed by atoms with van der Waals surface area (Å²) in [6.45, 7) is 4.77. The quantitative estimate of drug-likeness (QED) is 0.558. The number of hydrogen-bond acceptors (Lipinski definition) is 5. The molecule has 8 heteroatoms. The lowest BCUT2D eigenvalue weighted by Crippen LogP contribution is -2.51. The number of piperazine rings is 1. The highest BCUT2D eigenvalue weighted by molar-refractivity contribution is 7.92. The van der Waals surface area contributed by atoms with Crippen molar-refractivity contribution in [2.75, 3.05) is 42.5 Å². The lowest BCUT2D eigenvalue weighted by Gasteiger charge is -2.39. The molecule has 0 radical (unpaired) electrons. The topological polar surface area (TPSA) is 60.9 Å². The van der Waals surface area contributed by atoms with E-state index in [-0.39, 0.29) is 22.2 Å². The number of amides is 1. The van der Waals surface area contributed by atoms with Gasteiger partial charge < -0.3 is 14.7 Å². The van der Waals surface area contributed by atoms with E-state index in [1.54, 1.807) is 48.5 Å². The summed E-state index contributed by atoms with van der Waals surface area (Å²) in [5.41, 5.74) is 3.33. The Kier molecular flexibility index (Phi) is 5.54. The molecule has 1 fully saturated rings. The minimum absolute atomic E-state index is 0.0265. The van der Waals surface area contributed by atoms with Crippen LogP contribution in [0.15, 0.2) is 76.5 Å². The zero-order valence-electron chi connectivity index (χ0n) is 18.2. The minimum Gasteiger partial charge on any atom is -0.368 e. The highest BCUT2D eigenvalue weighted by atomic mass is 35.5. The van der Waals surface area contributed by atoms with Crippen LogP contribution >= 0.6 is 11.6 Å². The number of para-hydroxylation sites is 2. The number of carbonyl (C=O) groups is 1. The van der Waals surface area contributed by atoms with Gasteiger partial charge in [0, 0.05) is 36.9 Å². The molecule has 0 aromatic heterocycles. The zero-order chi connectivity index (χ0) is 23.2. The van der Waals surface area contributed by atoms with Crippen LogP contribution in [0.2, 0.25) is 5.02 Å². The third kappa shape index (κ3) is 3.85. The van der Waals surface area contributed by atoms with E-state index in [1.165, 1.54) is 0 Å². The van der Waals surface area contributed by atoms with Crippen LogP contribution in [0.3, 0.4) is 0 Å². The molecular formula is C25H24ClN3O3S. The van der Waals surface area contributed by atoms with Crippen LogP contribution < -0.4 is 9.80 Å². The number of benzene rings is 3. The highest BCUT2D eigenvalue weighted by Crippen LogP contribution is 2.43.